The molecule has 1 aromatic carbocycles. The topological polar surface area (TPSA) is 110 Å². The largest absolute Gasteiger partial charge is 0.505 e. The fraction of sp³-hybridized carbons (Fsp3) is 0.333. The van der Waals surface area contributed by atoms with Gasteiger partial charge in [-0.1, -0.05) is 0 Å². The molecule has 4 N–H and O–H groups in total. The summed E-state index contributed by atoms with van der Waals surface area (Å²) in [6, 6.07) is -0.384. The van der Waals surface area contributed by atoms with Crippen molar-refractivity contribution < 1.29 is 33.3 Å². The van der Waals surface area contributed by atoms with Gasteiger partial charge in [-0.25, -0.2) is 18.4 Å². The Hall–Kier alpha value is -1.93. The van der Waals surface area contributed by atoms with Crippen molar-refractivity contribution in [2.24, 2.45) is 5.73 Å². The van der Waals surface area contributed by atoms with Crippen molar-refractivity contribution in [2.45, 2.75) is 19.1 Å². The van der Waals surface area contributed by atoms with Crippen LogP contribution in [-0.4, -0.2) is 34.9 Å². The Kier molecular flexibility index (Phi) is 7.04. The van der Waals surface area contributed by atoms with E-state index < -0.39 is 46.8 Å². The first kappa shape index (κ1) is 19.1. The number of carboxylic acids is 1. The number of phenols is 1. The van der Waals surface area contributed by atoms with Crippen LogP contribution in [0.15, 0.2) is 12.1 Å². The molecule has 9 heteroatoms. The number of hydrogen-bond acceptors (Lipinski definition) is 5. The summed E-state index contributed by atoms with van der Waals surface area (Å²) < 4.78 is 31.5. The highest BCUT2D eigenvalue weighted by atomic mass is 35.5. The third-order valence-corrected chi connectivity index (χ3v) is 2.53. The second-order valence-electron chi connectivity index (χ2n) is 3.88. The maximum Gasteiger partial charge on any atom is 0.342 e. The van der Waals surface area contributed by atoms with Gasteiger partial charge in [0, 0.05) is 5.56 Å². The number of ether oxygens (including phenoxy) is 1. The Morgan fingerprint density at radius 1 is 1.43 bits per heavy atom. The van der Waals surface area contributed by atoms with E-state index in [9.17, 15) is 23.5 Å². The quantitative estimate of drug-likeness (QED) is 0.709. The van der Waals surface area contributed by atoms with Crippen LogP contribution < -0.4 is 5.73 Å². The number of alkyl halides is 1. The average molecular weight is 326 g/mol. The van der Waals surface area contributed by atoms with Crippen LogP contribution in [-0.2, 0) is 9.53 Å². The second-order valence-corrected chi connectivity index (χ2v) is 3.88. The van der Waals surface area contributed by atoms with Gasteiger partial charge in [-0.05, 0) is 19.1 Å². The Morgan fingerprint density at radius 3 is 2.48 bits per heavy atom. The van der Waals surface area contributed by atoms with Gasteiger partial charge in [0.15, 0.2) is 11.6 Å². The summed E-state index contributed by atoms with van der Waals surface area (Å²) in [5.41, 5.74) is 4.36. The van der Waals surface area contributed by atoms with Crippen LogP contribution in [0.3, 0.4) is 0 Å². The summed E-state index contributed by atoms with van der Waals surface area (Å²) in [6.45, 7) is 1.37. The lowest BCUT2D eigenvalue weighted by Gasteiger charge is -2.17. The van der Waals surface area contributed by atoms with Crippen LogP contribution in [0.5, 0.6) is 5.75 Å². The summed E-state index contributed by atoms with van der Waals surface area (Å²) in [5.74, 6) is -5.04. The summed E-state index contributed by atoms with van der Waals surface area (Å²) >= 11 is 0. The van der Waals surface area contributed by atoms with Crippen molar-refractivity contribution in [1.29, 1.82) is 0 Å². The van der Waals surface area contributed by atoms with E-state index >= 15 is 0 Å². The van der Waals surface area contributed by atoms with Crippen LogP contribution in [0.25, 0.3) is 0 Å². The maximum atomic E-state index is 13.7. The summed E-state index contributed by atoms with van der Waals surface area (Å²) in [4.78, 5) is 22.0. The highest BCUT2D eigenvalue weighted by Gasteiger charge is 2.31. The molecule has 0 saturated carbocycles. The van der Waals surface area contributed by atoms with E-state index in [4.69, 9.17) is 10.8 Å². The van der Waals surface area contributed by atoms with Crippen LogP contribution in [0.2, 0.25) is 0 Å². The molecule has 0 radical (unpaired) electrons. The van der Waals surface area contributed by atoms with E-state index in [-0.39, 0.29) is 19.0 Å². The molecule has 118 valence electrons. The maximum absolute atomic E-state index is 13.7. The van der Waals surface area contributed by atoms with Crippen LogP contribution >= 0.6 is 12.4 Å². The first-order chi connectivity index (χ1) is 9.29. The van der Waals surface area contributed by atoms with Crippen molar-refractivity contribution in [2.75, 3.05) is 6.61 Å². The molecule has 0 spiro atoms. The standard InChI is InChI=1S/C12H13F2NO5.ClH/c1-2-20-12(19)8(14)9(15)6-3-5(11(17)18)4-7(13)10(6)16;/h3-4,8-9,16H,2,15H2,1H3,(H,17,18);1H/t8?,9-;/m0./s1. The number of nitrogens with two attached hydrogens (primary N) is 1. The number of carbonyl (C=O) groups is 2. The molecule has 0 fully saturated rings. The van der Waals surface area contributed by atoms with Gasteiger partial charge >= 0.3 is 11.9 Å². The fourth-order valence-electron chi connectivity index (χ4n) is 1.52. The number of halogens is 3. The number of benzene rings is 1. The zero-order valence-electron chi connectivity index (χ0n) is 10.9. The lowest BCUT2D eigenvalue weighted by atomic mass is 9.99. The molecule has 0 aliphatic rings. The average Bonchev–Trinajstić information content (AvgIpc) is 2.40. The monoisotopic (exact) mass is 325 g/mol. The highest BCUT2D eigenvalue weighted by Crippen LogP contribution is 2.30. The number of aromatic hydroxyl groups is 1. The molecule has 6 nitrogen and oxygen atoms in total. The molecule has 0 aliphatic carbocycles. The molecular weight excluding hydrogens is 312 g/mol. The third-order valence-electron chi connectivity index (χ3n) is 2.53. The first-order valence-electron chi connectivity index (χ1n) is 5.61. The lowest BCUT2D eigenvalue weighted by molar-refractivity contribution is -0.149. The second kappa shape index (κ2) is 7.75. The molecule has 2 atom stereocenters. The number of carboxylic acid groups (broad SMARTS) is 1. The minimum absolute atomic E-state index is 0. The van der Waals surface area contributed by atoms with E-state index in [1.54, 1.807) is 0 Å². The van der Waals surface area contributed by atoms with E-state index in [0.717, 1.165) is 6.07 Å². The Bertz CT molecular complexity index is 541. The molecule has 1 aromatic rings. The molecule has 0 heterocycles. The normalized spacial score (nSPS) is 13.0. The van der Waals surface area contributed by atoms with Crippen LogP contribution in [0.1, 0.15) is 28.9 Å². The number of esters is 1. The number of phenolic OH excluding ortho intramolecular Hbond substituents is 1. The predicted molar refractivity (Wildman–Crippen MR) is 70.7 cm³/mol. The SMILES string of the molecule is CCOC(=O)C(F)[C@@H](N)c1cc(C(=O)O)cc(F)c1O.Cl. The van der Waals surface area contributed by atoms with Gasteiger partial charge in [0.25, 0.3) is 0 Å². The van der Waals surface area contributed by atoms with Gasteiger partial charge in [-0.15, -0.1) is 12.4 Å². The molecule has 1 unspecified atom stereocenters. The zero-order valence-corrected chi connectivity index (χ0v) is 11.7. The van der Waals surface area contributed by atoms with E-state index in [1.165, 1.54) is 6.92 Å². The first-order valence-corrected chi connectivity index (χ1v) is 5.61. The minimum Gasteiger partial charge on any atom is -0.505 e. The van der Waals surface area contributed by atoms with Gasteiger partial charge in [0.2, 0.25) is 6.17 Å². The van der Waals surface area contributed by atoms with Crippen molar-refractivity contribution in [3.05, 3.63) is 29.1 Å². The Labute approximate surface area is 124 Å². The Balaban J connectivity index is 0.00000400. The molecule has 0 saturated heterocycles. The van der Waals surface area contributed by atoms with Crippen molar-refractivity contribution >= 4 is 24.3 Å². The number of aromatic carboxylic acids is 1. The number of carbonyl (C=O) groups excluding carboxylic acids is 1. The van der Waals surface area contributed by atoms with Gasteiger partial charge < -0.3 is 20.7 Å². The van der Waals surface area contributed by atoms with Gasteiger partial charge in [0.1, 0.15) is 0 Å². The fourth-order valence-corrected chi connectivity index (χ4v) is 1.52. The number of hydrogen-bond donors (Lipinski definition) is 3. The molecule has 0 aromatic heterocycles. The molecule has 1 rings (SSSR count). The number of rotatable bonds is 5. The Morgan fingerprint density at radius 2 is 2.00 bits per heavy atom. The van der Waals surface area contributed by atoms with Crippen molar-refractivity contribution in [3.8, 4) is 5.75 Å². The lowest BCUT2D eigenvalue weighted by Crippen LogP contribution is -2.31. The van der Waals surface area contributed by atoms with Crippen LogP contribution in [0, 0.1) is 5.82 Å². The third kappa shape index (κ3) is 4.27. The highest BCUT2D eigenvalue weighted by molar-refractivity contribution is 5.88. The van der Waals surface area contributed by atoms with Crippen LogP contribution in [0.4, 0.5) is 8.78 Å². The molecule has 0 bridgehead atoms. The molecule has 0 aliphatic heterocycles. The van der Waals surface area contributed by atoms with Gasteiger partial charge in [-0.2, -0.15) is 0 Å². The van der Waals surface area contributed by atoms with E-state index in [0.29, 0.717) is 6.07 Å². The summed E-state index contributed by atoms with van der Waals surface area (Å²) in [7, 11) is 0. The molecular formula is C12H14ClF2NO5. The zero-order chi connectivity index (χ0) is 15.4. The molecule has 21 heavy (non-hydrogen) atoms. The summed E-state index contributed by atoms with van der Waals surface area (Å²) in [6.07, 6.45) is -2.36. The van der Waals surface area contributed by atoms with Gasteiger partial charge in [-0.3, -0.25) is 0 Å². The van der Waals surface area contributed by atoms with Crippen molar-refractivity contribution in [3.63, 3.8) is 0 Å². The van der Waals surface area contributed by atoms with Gasteiger partial charge in [0.05, 0.1) is 18.2 Å². The minimum atomic E-state index is -2.36. The smallest absolute Gasteiger partial charge is 0.342 e. The summed E-state index contributed by atoms with van der Waals surface area (Å²) in [5, 5.41) is 18.2. The molecule has 0 amide bonds. The predicted octanol–water partition coefficient (Wildman–Crippen LogP) is 1.55. The van der Waals surface area contributed by atoms with E-state index in [1.807, 2.05) is 0 Å². The van der Waals surface area contributed by atoms with Crippen molar-refractivity contribution in [1.82, 2.24) is 0 Å². The van der Waals surface area contributed by atoms with E-state index in [2.05, 4.69) is 4.74 Å².